The van der Waals surface area contributed by atoms with E-state index in [9.17, 15) is 0 Å². The molecular formula is C12H23NO. The maximum Gasteiger partial charge on any atom is 0.0575 e. The molecule has 2 nitrogen and oxygen atoms in total. The molecule has 0 aliphatic heterocycles. The first-order chi connectivity index (χ1) is 6.85. The summed E-state index contributed by atoms with van der Waals surface area (Å²) >= 11 is 0. The van der Waals surface area contributed by atoms with Crippen molar-refractivity contribution in [2.24, 2.45) is 11.1 Å². The second-order valence-electron chi connectivity index (χ2n) is 5.08. The molecule has 0 spiro atoms. The summed E-state index contributed by atoms with van der Waals surface area (Å²) in [6, 6.07) is 0. The van der Waals surface area contributed by atoms with Crippen molar-refractivity contribution in [2.45, 2.75) is 57.5 Å². The normalized spacial score (nSPS) is 26.4. The van der Waals surface area contributed by atoms with Gasteiger partial charge in [-0.3, -0.25) is 0 Å². The summed E-state index contributed by atoms with van der Waals surface area (Å²) in [6.45, 7) is 1.81. The summed E-state index contributed by atoms with van der Waals surface area (Å²) in [7, 11) is 0. The summed E-state index contributed by atoms with van der Waals surface area (Å²) in [5, 5.41) is 0. The van der Waals surface area contributed by atoms with E-state index in [4.69, 9.17) is 10.5 Å². The van der Waals surface area contributed by atoms with Crippen molar-refractivity contribution >= 4 is 0 Å². The molecule has 0 atom stereocenters. The Labute approximate surface area is 87.2 Å². The molecule has 0 saturated heterocycles. The van der Waals surface area contributed by atoms with Gasteiger partial charge in [0.05, 0.1) is 6.10 Å². The van der Waals surface area contributed by atoms with Crippen LogP contribution in [0.15, 0.2) is 0 Å². The Morgan fingerprint density at radius 2 is 1.86 bits per heavy atom. The second kappa shape index (κ2) is 4.63. The zero-order valence-electron chi connectivity index (χ0n) is 9.13. The van der Waals surface area contributed by atoms with Gasteiger partial charge in [-0.1, -0.05) is 19.3 Å². The van der Waals surface area contributed by atoms with Crippen molar-refractivity contribution < 1.29 is 4.74 Å². The van der Waals surface area contributed by atoms with Crippen molar-refractivity contribution in [3.05, 3.63) is 0 Å². The maximum absolute atomic E-state index is 5.91. The van der Waals surface area contributed by atoms with Crippen LogP contribution in [0.5, 0.6) is 0 Å². The van der Waals surface area contributed by atoms with E-state index in [1.165, 1.54) is 51.4 Å². The first kappa shape index (κ1) is 10.4. The third-order valence-electron chi connectivity index (χ3n) is 3.93. The molecule has 0 amide bonds. The van der Waals surface area contributed by atoms with Crippen LogP contribution in [-0.4, -0.2) is 19.3 Å². The Balaban J connectivity index is 1.58. The average molecular weight is 197 g/mol. The van der Waals surface area contributed by atoms with Crippen LogP contribution in [0.1, 0.15) is 51.4 Å². The fourth-order valence-electron chi connectivity index (χ4n) is 2.41. The number of ether oxygens (including phenoxy) is 1. The predicted molar refractivity (Wildman–Crippen MR) is 58.2 cm³/mol. The lowest BCUT2D eigenvalue weighted by molar-refractivity contribution is 0.0200. The first-order valence-corrected chi connectivity index (χ1v) is 6.16. The lowest BCUT2D eigenvalue weighted by atomic mass is 9.97. The molecule has 0 heterocycles. The quantitative estimate of drug-likeness (QED) is 0.735. The van der Waals surface area contributed by atoms with E-state index in [-0.39, 0.29) is 0 Å². The molecule has 82 valence electrons. The molecule has 0 bridgehead atoms. The van der Waals surface area contributed by atoms with Crippen LogP contribution in [0.3, 0.4) is 0 Å². The molecule has 2 N–H and O–H groups in total. The Morgan fingerprint density at radius 3 is 2.43 bits per heavy atom. The topological polar surface area (TPSA) is 35.2 Å². The molecule has 2 rings (SSSR count). The monoisotopic (exact) mass is 197 g/mol. The largest absolute Gasteiger partial charge is 0.378 e. The molecule has 0 aromatic rings. The van der Waals surface area contributed by atoms with E-state index >= 15 is 0 Å². The fourth-order valence-corrected chi connectivity index (χ4v) is 2.41. The van der Waals surface area contributed by atoms with Crippen LogP contribution in [0.2, 0.25) is 0 Å². The minimum absolute atomic E-state index is 0.495. The summed E-state index contributed by atoms with van der Waals surface area (Å²) in [4.78, 5) is 0. The summed E-state index contributed by atoms with van der Waals surface area (Å²) in [5.41, 5.74) is 6.23. The molecule has 2 fully saturated rings. The van der Waals surface area contributed by atoms with Gasteiger partial charge in [-0.15, -0.1) is 0 Å². The Morgan fingerprint density at radius 1 is 1.14 bits per heavy atom. The smallest absolute Gasteiger partial charge is 0.0575 e. The van der Waals surface area contributed by atoms with Gasteiger partial charge in [-0.25, -0.2) is 0 Å². The van der Waals surface area contributed by atoms with Gasteiger partial charge in [-0.05, 0) is 44.1 Å². The minimum atomic E-state index is 0.495. The highest BCUT2D eigenvalue weighted by Crippen LogP contribution is 2.47. The molecule has 2 aliphatic rings. The maximum atomic E-state index is 5.91. The number of nitrogens with two attached hydrogens (primary N) is 1. The Hall–Kier alpha value is -0.0800. The number of hydrogen-bond donors (Lipinski definition) is 1. The van der Waals surface area contributed by atoms with Crippen molar-refractivity contribution in [3.8, 4) is 0 Å². The first-order valence-electron chi connectivity index (χ1n) is 6.16. The van der Waals surface area contributed by atoms with Crippen molar-refractivity contribution in [2.75, 3.05) is 13.2 Å². The van der Waals surface area contributed by atoms with Crippen molar-refractivity contribution in [1.82, 2.24) is 0 Å². The molecular weight excluding hydrogens is 174 g/mol. The number of rotatable bonds is 5. The van der Waals surface area contributed by atoms with Crippen LogP contribution in [0, 0.1) is 5.41 Å². The minimum Gasteiger partial charge on any atom is -0.378 e. The van der Waals surface area contributed by atoms with Crippen LogP contribution in [0.4, 0.5) is 0 Å². The molecule has 0 unspecified atom stereocenters. The van der Waals surface area contributed by atoms with Gasteiger partial charge in [0.15, 0.2) is 0 Å². The van der Waals surface area contributed by atoms with E-state index < -0.39 is 0 Å². The summed E-state index contributed by atoms with van der Waals surface area (Å²) in [6.07, 6.45) is 11.1. The molecule has 0 aromatic carbocycles. The van der Waals surface area contributed by atoms with Crippen LogP contribution < -0.4 is 5.73 Å². The summed E-state index contributed by atoms with van der Waals surface area (Å²) in [5.74, 6) is 0. The third kappa shape index (κ3) is 2.71. The van der Waals surface area contributed by atoms with E-state index in [0.717, 1.165) is 13.2 Å². The second-order valence-corrected chi connectivity index (χ2v) is 5.08. The van der Waals surface area contributed by atoms with E-state index in [0.29, 0.717) is 11.5 Å². The molecule has 14 heavy (non-hydrogen) atoms. The fraction of sp³-hybridized carbons (Fsp3) is 1.00. The highest BCUT2D eigenvalue weighted by molar-refractivity contribution is 4.93. The van der Waals surface area contributed by atoms with Gasteiger partial charge in [0.1, 0.15) is 0 Å². The molecule has 2 aliphatic carbocycles. The highest BCUT2D eigenvalue weighted by atomic mass is 16.5. The van der Waals surface area contributed by atoms with E-state index in [1.54, 1.807) is 0 Å². The van der Waals surface area contributed by atoms with E-state index in [1.807, 2.05) is 0 Å². The van der Waals surface area contributed by atoms with Crippen molar-refractivity contribution in [3.63, 3.8) is 0 Å². The lowest BCUT2D eigenvalue weighted by Gasteiger charge is -2.23. The molecule has 0 aromatic heterocycles. The van der Waals surface area contributed by atoms with Gasteiger partial charge in [0.25, 0.3) is 0 Å². The third-order valence-corrected chi connectivity index (χ3v) is 3.93. The predicted octanol–water partition coefficient (Wildman–Crippen LogP) is 2.46. The van der Waals surface area contributed by atoms with Gasteiger partial charge < -0.3 is 10.5 Å². The van der Waals surface area contributed by atoms with E-state index in [2.05, 4.69) is 0 Å². The van der Waals surface area contributed by atoms with Gasteiger partial charge in [0, 0.05) is 6.61 Å². The molecule has 2 heteroatoms. The van der Waals surface area contributed by atoms with Crippen LogP contribution in [-0.2, 0) is 4.74 Å². The van der Waals surface area contributed by atoms with Crippen molar-refractivity contribution in [1.29, 1.82) is 0 Å². The highest BCUT2D eigenvalue weighted by Gasteiger charge is 2.40. The van der Waals surface area contributed by atoms with Crippen LogP contribution in [0.25, 0.3) is 0 Å². The average Bonchev–Trinajstić information content (AvgIpc) is 3.00. The SMILES string of the molecule is NCC1(CCOC2CCCCC2)CC1. The molecule has 0 radical (unpaired) electrons. The summed E-state index contributed by atoms with van der Waals surface area (Å²) < 4.78 is 5.91. The van der Waals surface area contributed by atoms with Gasteiger partial charge in [0.2, 0.25) is 0 Å². The number of hydrogen-bond acceptors (Lipinski definition) is 2. The molecule has 2 saturated carbocycles. The Bertz CT molecular complexity index is 171. The van der Waals surface area contributed by atoms with Gasteiger partial charge >= 0.3 is 0 Å². The lowest BCUT2D eigenvalue weighted by Crippen LogP contribution is -2.21. The van der Waals surface area contributed by atoms with Crippen LogP contribution >= 0.6 is 0 Å². The zero-order valence-corrected chi connectivity index (χ0v) is 9.13. The zero-order chi connectivity index (χ0) is 9.86. The van der Waals surface area contributed by atoms with Gasteiger partial charge in [-0.2, -0.15) is 0 Å². The Kier molecular flexibility index (Phi) is 3.45. The standard InChI is InChI=1S/C12H23NO/c13-10-12(6-7-12)8-9-14-11-4-2-1-3-5-11/h11H,1-10,13H2.